The first-order valence-electron chi connectivity index (χ1n) is 10.3. The van der Waals surface area contributed by atoms with Gasteiger partial charge in [-0.25, -0.2) is 4.79 Å². The highest BCUT2D eigenvalue weighted by atomic mass is 16.4. The molecule has 168 valence electrons. The molecule has 0 aliphatic carbocycles. The normalized spacial score (nSPS) is 15.3. The van der Waals surface area contributed by atoms with Crippen LogP contribution in [0.3, 0.4) is 0 Å². The molecule has 0 saturated heterocycles. The monoisotopic (exact) mass is 414 g/mol. The minimum absolute atomic E-state index is 0.0834. The average Bonchev–Trinajstić information content (AvgIpc) is 2.62. The maximum atomic E-state index is 12.8. The van der Waals surface area contributed by atoms with Crippen LogP contribution < -0.4 is 21.7 Å². The standard InChI is InChI=1S/C20H38N4O5/c1-7-13(6)17(20(28)29)24-19(27)15(9-12(4)5)23-18(26)14(8-11(2)3)22-16(25)10-21/h11-15,17H,7-10,21H2,1-6H3,(H,22,25)(H,23,26)(H,24,27)(H,28,29). The van der Waals surface area contributed by atoms with Crippen LogP contribution >= 0.6 is 0 Å². The minimum Gasteiger partial charge on any atom is -0.480 e. The van der Waals surface area contributed by atoms with Crippen molar-refractivity contribution in [2.24, 2.45) is 23.5 Å². The molecule has 29 heavy (non-hydrogen) atoms. The topological polar surface area (TPSA) is 151 Å². The Hall–Kier alpha value is -2.16. The third-order valence-electron chi connectivity index (χ3n) is 4.66. The lowest BCUT2D eigenvalue weighted by atomic mass is 9.97. The van der Waals surface area contributed by atoms with Crippen LogP contribution in [0.1, 0.15) is 60.8 Å². The highest BCUT2D eigenvalue weighted by Crippen LogP contribution is 2.12. The summed E-state index contributed by atoms with van der Waals surface area (Å²) in [5.41, 5.74) is 5.33. The molecular formula is C20H38N4O5. The van der Waals surface area contributed by atoms with Gasteiger partial charge in [-0.1, -0.05) is 48.0 Å². The number of hydrogen-bond acceptors (Lipinski definition) is 5. The molecule has 0 aromatic heterocycles. The van der Waals surface area contributed by atoms with E-state index in [1.165, 1.54) is 0 Å². The second-order valence-corrected chi connectivity index (χ2v) is 8.35. The zero-order chi connectivity index (χ0) is 22.7. The predicted octanol–water partition coefficient (Wildman–Crippen LogP) is 0.622. The summed E-state index contributed by atoms with van der Waals surface area (Å²) in [7, 11) is 0. The van der Waals surface area contributed by atoms with Crippen molar-refractivity contribution in [2.75, 3.05) is 6.54 Å². The van der Waals surface area contributed by atoms with Gasteiger partial charge in [0.25, 0.3) is 0 Å². The Morgan fingerprint density at radius 2 is 1.28 bits per heavy atom. The van der Waals surface area contributed by atoms with Crippen LogP contribution in [0.25, 0.3) is 0 Å². The molecule has 0 bridgehead atoms. The zero-order valence-corrected chi connectivity index (χ0v) is 18.5. The van der Waals surface area contributed by atoms with Crippen molar-refractivity contribution >= 4 is 23.7 Å². The lowest BCUT2D eigenvalue weighted by Gasteiger charge is -2.27. The molecule has 9 heteroatoms. The Balaban J connectivity index is 5.41. The molecular weight excluding hydrogens is 376 g/mol. The molecule has 0 saturated carbocycles. The van der Waals surface area contributed by atoms with E-state index in [0.717, 1.165) is 0 Å². The van der Waals surface area contributed by atoms with Gasteiger partial charge in [-0.15, -0.1) is 0 Å². The van der Waals surface area contributed by atoms with E-state index in [1.807, 2.05) is 34.6 Å². The van der Waals surface area contributed by atoms with Crippen molar-refractivity contribution < 1.29 is 24.3 Å². The number of nitrogens with two attached hydrogens (primary N) is 1. The molecule has 0 aromatic rings. The van der Waals surface area contributed by atoms with Crippen molar-refractivity contribution in [2.45, 2.75) is 78.9 Å². The number of hydrogen-bond donors (Lipinski definition) is 5. The molecule has 0 rings (SSSR count). The number of amides is 3. The summed E-state index contributed by atoms with van der Waals surface area (Å²) >= 11 is 0. The molecule has 0 spiro atoms. The molecule has 4 unspecified atom stereocenters. The van der Waals surface area contributed by atoms with E-state index in [1.54, 1.807) is 6.92 Å². The maximum Gasteiger partial charge on any atom is 0.326 e. The largest absolute Gasteiger partial charge is 0.480 e. The van der Waals surface area contributed by atoms with Gasteiger partial charge in [0.1, 0.15) is 18.1 Å². The van der Waals surface area contributed by atoms with Crippen LogP contribution in [-0.2, 0) is 19.2 Å². The summed E-state index contributed by atoms with van der Waals surface area (Å²) in [6.45, 7) is 11.0. The van der Waals surface area contributed by atoms with Crippen LogP contribution in [0.4, 0.5) is 0 Å². The van der Waals surface area contributed by atoms with E-state index in [0.29, 0.717) is 19.3 Å². The summed E-state index contributed by atoms with van der Waals surface area (Å²) in [6, 6.07) is -2.77. The molecule has 4 atom stereocenters. The lowest BCUT2D eigenvalue weighted by molar-refractivity contribution is -0.144. The smallest absolute Gasteiger partial charge is 0.326 e. The van der Waals surface area contributed by atoms with Crippen molar-refractivity contribution in [1.29, 1.82) is 0 Å². The Labute approximate surface area is 173 Å². The van der Waals surface area contributed by atoms with Crippen molar-refractivity contribution in [1.82, 2.24) is 16.0 Å². The third kappa shape index (κ3) is 10.3. The zero-order valence-electron chi connectivity index (χ0n) is 18.5. The predicted molar refractivity (Wildman–Crippen MR) is 111 cm³/mol. The summed E-state index contributed by atoms with van der Waals surface area (Å²) in [4.78, 5) is 48.7. The molecule has 0 aromatic carbocycles. The van der Waals surface area contributed by atoms with E-state index in [4.69, 9.17) is 5.73 Å². The molecule has 9 nitrogen and oxygen atoms in total. The van der Waals surface area contributed by atoms with Crippen LogP contribution in [0.2, 0.25) is 0 Å². The summed E-state index contributed by atoms with van der Waals surface area (Å²) in [6.07, 6.45) is 1.31. The number of carbonyl (C=O) groups is 4. The molecule has 0 aliphatic heterocycles. The fourth-order valence-electron chi connectivity index (χ4n) is 2.87. The first-order chi connectivity index (χ1) is 13.4. The Kier molecular flexibility index (Phi) is 12.2. The van der Waals surface area contributed by atoms with Gasteiger partial charge in [-0.2, -0.15) is 0 Å². The Bertz CT molecular complexity index is 565. The van der Waals surface area contributed by atoms with E-state index in [-0.39, 0.29) is 24.3 Å². The molecule has 3 amide bonds. The fraction of sp³-hybridized carbons (Fsp3) is 0.800. The second kappa shape index (κ2) is 13.1. The van der Waals surface area contributed by atoms with E-state index >= 15 is 0 Å². The number of carboxylic acid groups (broad SMARTS) is 1. The summed E-state index contributed by atoms with van der Waals surface area (Å²) < 4.78 is 0. The molecule has 0 fully saturated rings. The van der Waals surface area contributed by atoms with Crippen LogP contribution in [0.15, 0.2) is 0 Å². The summed E-state index contributed by atoms with van der Waals surface area (Å²) in [5, 5.41) is 17.2. The van der Waals surface area contributed by atoms with Gasteiger partial charge in [0.2, 0.25) is 17.7 Å². The molecule has 0 radical (unpaired) electrons. The number of rotatable bonds is 13. The molecule has 0 heterocycles. The van der Waals surface area contributed by atoms with Crippen molar-refractivity contribution in [3.63, 3.8) is 0 Å². The Morgan fingerprint density at radius 1 is 0.828 bits per heavy atom. The van der Waals surface area contributed by atoms with Gasteiger partial charge in [0.15, 0.2) is 0 Å². The third-order valence-corrected chi connectivity index (χ3v) is 4.66. The summed E-state index contributed by atoms with van der Waals surface area (Å²) in [5.74, 6) is -2.66. The number of carboxylic acids is 1. The van der Waals surface area contributed by atoms with Gasteiger partial charge >= 0.3 is 5.97 Å². The number of carbonyl (C=O) groups excluding carboxylic acids is 3. The highest BCUT2D eigenvalue weighted by molar-refractivity contribution is 5.93. The van der Waals surface area contributed by atoms with E-state index < -0.39 is 41.8 Å². The van der Waals surface area contributed by atoms with Gasteiger partial charge < -0.3 is 26.8 Å². The molecule has 0 aliphatic rings. The first kappa shape index (κ1) is 26.8. The minimum atomic E-state index is -1.12. The maximum absolute atomic E-state index is 12.8. The van der Waals surface area contributed by atoms with Crippen molar-refractivity contribution in [3.05, 3.63) is 0 Å². The van der Waals surface area contributed by atoms with Gasteiger partial charge in [0, 0.05) is 0 Å². The first-order valence-corrected chi connectivity index (χ1v) is 10.3. The SMILES string of the molecule is CCC(C)C(NC(=O)C(CC(C)C)NC(=O)C(CC(C)C)NC(=O)CN)C(=O)O. The lowest BCUT2D eigenvalue weighted by Crippen LogP contribution is -2.57. The van der Waals surface area contributed by atoms with Gasteiger partial charge in [-0.3, -0.25) is 14.4 Å². The van der Waals surface area contributed by atoms with Gasteiger partial charge in [-0.05, 0) is 30.6 Å². The number of nitrogens with one attached hydrogen (secondary N) is 3. The van der Waals surface area contributed by atoms with Crippen LogP contribution in [-0.4, -0.2) is 53.5 Å². The quantitative estimate of drug-likeness (QED) is 0.298. The fourth-order valence-corrected chi connectivity index (χ4v) is 2.87. The molecule has 6 N–H and O–H groups in total. The van der Waals surface area contributed by atoms with Crippen LogP contribution in [0.5, 0.6) is 0 Å². The van der Waals surface area contributed by atoms with E-state index in [9.17, 15) is 24.3 Å². The van der Waals surface area contributed by atoms with Gasteiger partial charge in [0.05, 0.1) is 6.54 Å². The highest BCUT2D eigenvalue weighted by Gasteiger charge is 2.31. The van der Waals surface area contributed by atoms with Crippen LogP contribution in [0, 0.1) is 17.8 Å². The average molecular weight is 415 g/mol. The Morgan fingerprint density at radius 3 is 1.66 bits per heavy atom. The number of aliphatic carboxylic acids is 1. The van der Waals surface area contributed by atoms with Crippen molar-refractivity contribution in [3.8, 4) is 0 Å². The second-order valence-electron chi connectivity index (χ2n) is 8.35. The van der Waals surface area contributed by atoms with E-state index in [2.05, 4.69) is 16.0 Å².